The van der Waals surface area contributed by atoms with Crippen molar-refractivity contribution >= 4 is 29.2 Å². The first-order valence-electron chi connectivity index (χ1n) is 6.04. The molecule has 5 N–H and O–H groups in total. The second-order valence-corrected chi connectivity index (χ2v) is 4.57. The number of amides is 2. The summed E-state index contributed by atoms with van der Waals surface area (Å²) in [7, 11) is 0. The van der Waals surface area contributed by atoms with Crippen molar-refractivity contribution in [1.29, 1.82) is 0 Å². The number of hydrogen-bond acceptors (Lipinski definition) is 4. The third-order valence-corrected chi connectivity index (χ3v) is 2.87. The lowest BCUT2D eigenvalue weighted by molar-refractivity contribution is -0.123. The molecule has 6 nitrogen and oxygen atoms in total. The average molecular weight is 295 g/mol. The summed E-state index contributed by atoms with van der Waals surface area (Å²) in [5.41, 5.74) is 11.4. The molecule has 1 rings (SSSR count). The van der Waals surface area contributed by atoms with Gasteiger partial charge >= 0.3 is 6.09 Å². The molecule has 1 unspecified atom stereocenters. The van der Waals surface area contributed by atoms with Crippen LogP contribution in [0.3, 0.4) is 0 Å². The molecule has 0 radical (unpaired) electrons. The molecular weight excluding hydrogens is 278 g/mol. The van der Waals surface area contributed by atoms with Gasteiger partial charge in [-0.3, -0.25) is 4.79 Å². The lowest BCUT2D eigenvalue weighted by Crippen LogP contribution is -2.40. The van der Waals surface area contributed by atoms with Crippen molar-refractivity contribution in [3.63, 3.8) is 0 Å². The third-order valence-electron chi connectivity index (χ3n) is 2.59. The summed E-state index contributed by atoms with van der Waals surface area (Å²) in [6.07, 6.45) is -0.451. The van der Waals surface area contributed by atoms with Gasteiger partial charge in [-0.1, -0.05) is 42.5 Å². The fourth-order valence-electron chi connectivity index (χ4n) is 1.62. The number of ether oxygens (including phenoxy) is 1. The van der Waals surface area contributed by atoms with Crippen LogP contribution in [0.15, 0.2) is 30.3 Å². The number of carbonyl (C=O) groups excluding carboxylic acids is 2. The highest BCUT2D eigenvalue weighted by atomic mass is 32.1. The minimum Gasteiger partial charge on any atom is -0.448 e. The molecule has 0 heterocycles. The van der Waals surface area contributed by atoms with Gasteiger partial charge in [0.2, 0.25) is 5.91 Å². The van der Waals surface area contributed by atoms with Crippen LogP contribution in [0, 0.1) is 5.92 Å². The van der Waals surface area contributed by atoms with Crippen molar-refractivity contribution in [2.75, 3.05) is 13.2 Å². The highest BCUT2D eigenvalue weighted by Gasteiger charge is 2.21. The first-order valence-corrected chi connectivity index (χ1v) is 6.44. The summed E-state index contributed by atoms with van der Waals surface area (Å²) in [5, 5.41) is 2.60. The van der Waals surface area contributed by atoms with Crippen LogP contribution >= 0.6 is 12.2 Å². The maximum Gasteiger partial charge on any atom is 0.404 e. The summed E-state index contributed by atoms with van der Waals surface area (Å²) in [6, 6.07) is 9.44. The maximum absolute atomic E-state index is 12.0. The van der Waals surface area contributed by atoms with Crippen molar-refractivity contribution in [2.45, 2.75) is 6.42 Å². The van der Waals surface area contributed by atoms with Gasteiger partial charge in [0.25, 0.3) is 0 Å². The molecule has 108 valence electrons. The van der Waals surface area contributed by atoms with Crippen LogP contribution in [0.25, 0.3) is 0 Å². The Morgan fingerprint density at radius 2 is 1.90 bits per heavy atom. The van der Waals surface area contributed by atoms with Crippen LogP contribution < -0.4 is 16.8 Å². The van der Waals surface area contributed by atoms with E-state index in [1.807, 2.05) is 30.3 Å². The number of hydrogen-bond donors (Lipinski definition) is 3. The van der Waals surface area contributed by atoms with Gasteiger partial charge in [-0.05, 0) is 12.0 Å². The number of carbonyl (C=O) groups is 2. The second kappa shape index (κ2) is 8.11. The molecule has 0 aliphatic carbocycles. The van der Waals surface area contributed by atoms with Gasteiger partial charge in [0.15, 0.2) is 0 Å². The Hall–Kier alpha value is -2.15. The van der Waals surface area contributed by atoms with E-state index in [9.17, 15) is 9.59 Å². The van der Waals surface area contributed by atoms with E-state index in [1.165, 1.54) is 0 Å². The SMILES string of the molecule is NC(=O)OCCNC(=O)C(Cc1ccccc1)C(N)=S. The number of primary amides is 1. The first kappa shape index (κ1) is 15.9. The lowest BCUT2D eigenvalue weighted by atomic mass is 9.98. The molecule has 1 atom stereocenters. The van der Waals surface area contributed by atoms with Crippen LogP contribution in [0.2, 0.25) is 0 Å². The molecule has 2 amide bonds. The van der Waals surface area contributed by atoms with E-state index in [0.717, 1.165) is 5.56 Å². The van der Waals surface area contributed by atoms with Gasteiger partial charge in [0.05, 0.1) is 17.5 Å². The van der Waals surface area contributed by atoms with E-state index in [2.05, 4.69) is 10.1 Å². The fraction of sp³-hybridized carbons (Fsp3) is 0.308. The Morgan fingerprint density at radius 1 is 1.25 bits per heavy atom. The van der Waals surface area contributed by atoms with Crippen molar-refractivity contribution < 1.29 is 14.3 Å². The number of benzene rings is 1. The quantitative estimate of drug-likeness (QED) is 0.497. The predicted octanol–water partition coefficient (Wildman–Crippen LogP) is 0.343. The molecule has 0 bridgehead atoms. The molecule has 0 aliphatic heterocycles. The number of rotatable bonds is 7. The largest absolute Gasteiger partial charge is 0.448 e. The first-order chi connectivity index (χ1) is 9.50. The summed E-state index contributed by atoms with van der Waals surface area (Å²) in [6.45, 7) is 0.173. The maximum atomic E-state index is 12.0. The number of nitrogens with two attached hydrogens (primary N) is 2. The Morgan fingerprint density at radius 3 is 2.45 bits per heavy atom. The lowest BCUT2D eigenvalue weighted by Gasteiger charge is -2.15. The highest BCUT2D eigenvalue weighted by Crippen LogP contribution is 2.09. The third kappa shape index (κ3) is 5.66. The van der Waals surface area contributed by atoms with Crippen molar-refractivity contribution in [3.05, 3.63) is 35.9 Å². The van der Waals surface area contributed by atoms with Crippen LogP contribution in [-0.2, 0) is 16.0 Å². The normalized spacial score (nSPS) is 11.4. The zero-order chi connectivity index (χ0) is 15.0. The van der Waals surface area contributed by atoms with E-state index in [1.54, 1.807) is 0 Å². The summed E-state index contributed by atoms with van der Waals surface area (Å²) < 4.78 is 4.51. The molecule has 1 aromatic rings. The van der Waals surface area contributed by atoms with Gasteiger partial charge in [-0.25, -0.2) is 4.79 Å². The van der Waals surface area contributed by atoms with E-state index in [4.69, 9.17) is 23.7 Å². The van der Waals surface area contributed by atoms with Crippen molar-refractivity contribution in [1.82, 2.24) is 5.32 Å². The average Bonchev–Trinajstić information content (AvgIpc) is 2.41. The van der Waals surface area contributed by atoms with Gasteiger partial charge in [0.1, 0.15) is 6.61 Å². The molecule has 20 heavy (non-hydrogen) atoms. The van der Waals surface area contributed by atoms with Crippen molar-refractivity contribution in [2.24, 2.45) is 17.4 Å². The smallest absolute Gasteiger partial charge is 0.404 e. The minimum absolute atomic E-state index is 0.0104. The zero-order valence-electron chi connectivity index (χ0n) is 10.9. The molecule has 0 aliphatic rings. The monoisotopic (exact) mass is 295 g/mol. The zero-order valence-corrected chi connectivity index (χ0v) is 11.7. The van der Waals surface area contributed by atoms with E-state index in [0.29, 0.717) is 6.42 Å². The molecule has 7 heteroatoms. The molecule has 0 aromatic heterocycles. The Bertz CT molecular complexity index is 479. The molecular formula is C13H17N3O3S. The van der Waals surface area contributed by atoms with Crippen LogP contribution in [0.4, 0.5) is 4.79 Å². The number of thiocarbonyl (C=S) groups is 1. The Balaban J connectivity index is 2.51. The Kier molecular flexibility index (Phi) is 6.45. The molecule has 0 spiro atoms. The molecule has 0 saturated carbocycles. The minimum atomic E-state index is -0.880. The van der Waals surface area contributed by atoms with Crippen LogP contribution in [0.1, 0.15) is 5.56 Å². The van der Waals surface area contributed by atoms with E-state index >= 15 is 0 Å². The van der Waals surface area contributed by atoms with E-state index in [-0.39, 0.29) is 24.0 Å². The molecule has 0 fully saturated rings. The molecule has 1 aromatic carbocycles. The summed E-state index contributed by atoms with van der Waals surface area (Å²) >= 11 is 4.92. The standard InChI is InChI=1S/C13H17N3O3S/c14-11(20)10(8-9-4-2-1-3-5-9)12(17)16-6-7-19-13(15)18/h1-5,10H,6-8H2,(H2,14,20)(H2,15,18)(H,16,17). The summed E-state index contributed by atoms with van der Waals surface area (Å²) in [4.78, 5) is 22.5. The van der Waals surface area contributed by atoms with Crippen LogP contribution in [0.5, 0.6) is 0 Å². The van der Waals surface area contributed by atoms with Gasteiger partial charge in [-0.15, -0.1) is 0 Å². The highest BCUT2D eigenvalue weighted by molar-refractivity contribution is 7.80. The van der Waals surface area contributed by atoms with E-state index < -0.39 is 12.0 Å². The van der Waals surface area contributed by atoms with Gasteiger partial charge in [-0.2, -0.15) is 0 Å². The predicted molar refractivity (Wildman–Crippen MR) is 79.0 cm³/mol. The topological polar surface area (TPSA) is 107 Å². The van der Waals surface area contributed by atoms with Crippen LogP contribution in [-0.4, -0.2) is 30.1 Å². The Labute approximate surface area is 122 Å². The number of nitrogens with one attached hydrogen (secondary N) is 1. The van der Waals surface area contributed by atoms with Gasteiger partial charge in [0, 0.05) is 0 Å². The fourth-order valence-corrected chi connectivity index (χ4v) is 1.81. The van der Waals surface area contributed by atoms with Gasteiger partial charge < -0.3 is 21.5 Å². The molecule has 0 saturated heterocycles. The summed E-state index contributed by atoms with van der Waals surface area (Å²) in [5.74, 6) is -0.893. The van der Waals surface area contributed by atoms with Crippen molar-refractivity contribution in [3.8, 4) is 0 Å². The second-order valence-electron chi connectivity index (χ2n) is 4.10.